The van der Waals surface area contributed by atoms with Crippen LogP contribution in [0.15, 0.2) is 48.5 Å². The third kappa shape index (κ3) is 6.39. The van der Waals surface area contributed by atoms with Crippen LogP contribution in [0.1, 0.15) is 41.0 Å². The summed E-state index contributed by atoms with van der Waals surface area (Å²) in [5.41, 5.74) is 2.93. The van der Waals surface area contributed by atoms with Crippen molar-refractivity contribution in [1.29, 1.82) is 0 Å². The summed E-state index contributed by atoms with van der Waals surface area (Å²) in [7, 11) is 0. The Labute approximate surface area is 183 Å². The molecule has 0 aromatic heterocycles. The summed E-state index contributed by atoms with van der Waals surface area (Å²) in [6, 6.07) is 14.4. The number of carbonyl (C=O) groups excluding carboxylic acids is 3. The molecule has 0 saturated carbocycles. The van der Waals surface area contributed by atoms with E-state index in [9.17, 15) is 14.4 Å². The summed E-state index contributed by atoms with van der Waals surface area (Å²) in [5.74, 6) is -0.373. The number of hydrogen-bond donors (Lipinski definition) is 1. The summed E-state index contributed by atoms with van der Waals surface area (Å²) in [4.78, 5) is 40.0. The minimum Gasteiger partial charge on any atom is -0.462 e. The highest BCUT2D eigenvalue weighted by atomic mass is 16.5. The van der Waals surface area contributed by atoms with E-state index in [0.29, 0.717) is 30.0 Å². The maximum absolute atomic E-state index is 12.4. The Bertz CT molecular complexity index is 901. The van der Waals surface area contributed by atoms with Crippen LogP contribution in [-0.4, -0.2) is 61.9 Å². The molecule has 1 amide bonds. The Hall–Kier alpha value is -3.19. The molecule has 31 heavy (non-hydrogen) atoms. The van der Waals surface area contributed by atoms with Crippen molar-refractivity contribution in [2.24, 2.45) is 0 Å². The van der Waals surface area contributed by atoms with Gasteiger partial charge in [0.1, 0.15) is 0 Å². The van der Waals surface area contributed by atoms with Gasteiger partial charge in [0.25, 0.3) is 0 Å². The fraction of sp³-hybridized carbons (Fsp3) is 0.375. The molecule has 0 atom stereocenters. The molecule has 164 valence electrons. The number of nitrogens with zero attached hydrogens (tertiary/aromatic N) is 2. The maximum atomic E-state index is 12.4. The first-order valence-corrected chi connectivity index (χ1v) is 10.6. The first-order valence-electron chi connectivity index (χ1n) is 10.6. The third-order valence-electron chi connectivity index (χ3n) is 5.22. The predicted octanol–water partition coefficient (Wildman–Crippen LogP) is 3.22. The highest BCUT2D eigenvalue weighted by Gasteiger charge is 2.19. The van der Waals surface area contributed by atoms with Gasteiger partial charge in [-0.25, -0.2) is 4.79 Å². The van der Waals surface area contributed by atoms with Crippen molar-refractivity contribution < 1.29 is 19.1 Å². The molecule has 1 heterocycles. The number of benzene rings is 2. The molecule has 1 fully saturated rings. The molecule has 0 bridgehead atoms. The lowest BCUT2D eigenvalue weighted by molar-refractivity contribution is -0.117. The van der Waals surface area contributed by atoms with Crippen LogP contribution in [0.25, 0.3) is 0 Å². The predicted molar refractivity (Wildman–Crippen MR) is 121 cm³/mol. The highest BCUT2D eigenvalue weighted by molar-refractivity contribution is 5.94. The number of amides is 1. The summed E-state index contributed by atoms with van der Waals surface area (Å²) < 4.78 is 5.10. The van der Waals surface area contributed by atoms with Crippen molar-refractivity contribution in [3.63, 3.8) is 0 Å². The average molecular weight is 424 g/mol. The minimum absolute atomic E-state index is 0.0634. The van der Waals surface area contributed by atoms with Gasteiger partial charge in [0.2, 0.25) is 5.91 Å². The number of hydrogen-bond acceptors (Lipinski definition) is 6. The van der Waals surface area contributed by atoms with E-state index in [4.69, 9.17) is 4.74 Å². The SMILES string of the molecule is CCCOC(=O)c1ccc(NC(=O)CN2CCN(c3ccc(C(C)=O)cc3)CC2)cc1. The molecule has 0 aliphatic carbocycles. The van der Waals surface area contributed by atoms with Gasteiger partial charge in [0.05, 0.1) is 18.7 Å². The van der Waals surface area contributed by atoms with E-state index < -0.39 is 0 Å². The number of ether oxygens (including phenoxy) is 1. The zero-order valence-corrected chi connectivity index (χ0v) is 18.1. The van der Waals surface area contributed by atoms with Crippen molar-refractivity contribution >= 4 is 29.0 Å². The first-order chi connectivity index (χ1) is 15.0. The summed E-state index contributed by atoms with van der Waals surface area (Å²) in [5, 5.41) is 2.88. The molecular formula is C24H29N3O4. The number of esters is 1. The molecule has 0 radical (unpaired) electrons. The number of piperazine rings is 1. The van der Waals surface area contributed by atoms with E-state index in [2.05, 4.69) is 15.1 Å². The maximum Gasteiger partial charge on any atom is 0.338 e. The normalized spacial score (nSPS) is 14.2. The molecule has 3 rings (SSSR count). The zero-order chi connectivity index (χ0) is 22.2. The van der Waals surface area contributed by atoms with Crippen LogP contribution in [0, 0.1) is 0 Å². The third-order valence-corrected chi connectivity index (χ3v) is 5.22. The van der Waals surface area contributed by atoms with Crippen molar-refractivity contribution in [1.82, 2.24) is 4.90 Å². The first kappa shape index (κ1) is 22.5. The number of Topliss-reactive ketones (excluding diaryl/α,β-unsaturated/α-hetero) is 1. The van der Waals surface area contributed by atoms with Gasteiger partial charge in [-0.15, -0.1) is 0 Å². The Morgan fingerprint density at radius 3 is 2.10 bits per heavy atom. The molecule has 2 aromatic rings. The number of rotatable bonds is 8. The average Bonchev–Trinajstić information content (AvgIpc) is 2.78. The van der Waals surface area contributed by atoms with Gasteiger partial charge in [0, 0.05) is 43.1 Å². The van der Waals surface area contributed by atoms with Gasteiger partial charge < -0.3 is 15.0 Å². The van der Waals surface area contributed by atoms with Crippen molar-refractivity contribution in [2.75, 3.05) is 49.5 Å². The van der Waals surface area contributed by atoms with Gasteiger partial charge in [0.15, 0.2) is 5.78 Å². The Morgan fingerprint density at radius 2 is 1.52 bits per heavy atom. The van der Waals surface area contributed by atoms with Crippen molar-refractivity contribution in [2.45, 2.75) is 20.3 Å². The van der Waals surface area contributed by atoms with Crippen LogP contribution in [0.2, 0.25) is 0 Å². The van der Waals surface area contributed by atoms with Crippen molar-refractivity contribution in [3.8, 4) is 0 Å². The fourth-order valence-corrected chi connectivity index (χ4v) is 3.44. The molecule has 7 nitrogen and oxygen atoms in total. The van der Waals surface area contributed by atoms with Gasteiger partial charge >= 0.3 is 5.97 Å². The molecule has 1 aliphatic rings. The topological polar surface area (TPSA) is 79.0 Å². The van der Waals surface area contributed by atoms with E-state index in [1.807, 2.05) is 31.2 Å². The zero-order valence-electron chi connectivity index (χ0n) is 18.1. The van der Waals surface area contributed by atoms with Crippen LogP contribution in [0.4, 0.5) is 11.4 Å². The van der Waals surface area contributed by atoms with E-state index >= 15 is 0 Å². The number of nitrogens with one attached hydrogen (secondary N) is 1. The molecular weight excluding hydrogens is 394 g/mol. The molecule has 1 aliphatic heterocycles. The number of anilines is 2. The van der Waals surface area contributed by atoms with Crippen LogP contribution in [0.5, 0.6) is 0 Å². The standard InChI is InChI=1S/C24H29N3O4/c1-3-16-31-24(30)20-4-8-21(9-5-20)25-23(29)17-26-12-14-27(15-13-26)22-10-6-19(7-11-22)18(2)28/h4-11H,3,12-17H2,1-2H3,(H,25,29). The number of carbonyl (C=O) groups is 3. The van der Waals surface area contributed by atoms with Gasteiger partial charge in [-0.3, -0.25) is 14.5 Å². The summed E-state index contributed by atoms with van der Waals surface area (Å²) in [6.07, 6.45) is 0.778. The Morgan fingerprint density at radius 1 is 0.903 bits per heavy atom. The summed E-state index contributed by atoms with van der Waals surface area (Å²) >= 11 is 0. The molecule has 1 saturated heterocycles. The van der Waals surface area contributed by atoms with E-state index in [0.717, 1.165) is 38.3 Å². The second kappa shape index (κ2) is 10.7. The Balaban J connectivity index is 1.44. The van der Waals surface area contributed by atoms with Crippen LogP contribution in [0.3, 0.4) is 0 Å². The minimum atomic E-state index is -0.353. The van der Waals surface area contributed by atoms with Gasteiger partial charge in [-0.2, -0.15) is 0 Å². The van der Waals surface area contributed by atoms with Crippen molar-refractivity contribution in [3.05, 3.63) is 59.7 Å². The van der Waals surface area contributed by atoms with Gasteiger partial charge in [-0.1, -0.05) is 6.92 Å². The largest absolute Gasteiger partial charge is 0.462 e. The van der Waals surface area contributed by atoms with E-state index in [-0.39, 0.29) is 17.7 Å². The lowest BCUT2D eigenvalue weighted by Gasteiger charge is -2.35. The van der Waals surface area contributed by atoms with E-state index in [1.165, 1.54) is 0 Å². The monoisotopic (exact) mass is 423 g/mol. The smallest absolute Gasteiger partial charge is 0.338 e. The van der Waals surface area contributed by atoms with E-state index in [1.54, 1.807) is 31.2 Å². The molecule has 0 unspecified atom stereocenters. The Kier molecular flexibility index (Phi) is 7.78. The van der Waals surface area contributed by atoms with Crippen LogP contribution < -0.4 is 10.2 Å². The quantitative estimate of drug-likeness (QED) is 0.519. The lowest BCUT2D eigenvalue weighted by atomic mass is 10.1. The molecule has 2 aromatic carbocycles. The number of ketones is 1. The molecule has 0 spiro atoms. The second-order valence-electron chi connectivity index (χ2n) is 7.63. The lowest BCUT2D eigenvalue weighted by Crippen LogP contribution is -2.48. The molecule has 7 heteroatoms. The van der Waals surface area contributed by atoms with Gasteiger partial charge in [-0.05, 0) is 61.9 Å². The van der Waals surface area contributed by atoms with Crippen LogP contribution in [-0.2, 0) is 9.53 Å². The fourth-order valence-electron chi connectivity index (χ4n) is 3.44. The molecule has 1 N–H and O–H groups in total. The summed E-state index contributed by atoms with van der Waals surface area (Å²) in [6.45, 7) is 7.43. The highest BCUT2D eigenvalue weighted by Crippen LogP contribution is 2.18. The second-order valence-corrected chi connectivity index (χ2v) is 7.63. The van der Waals surface area contributed by atoms with Crippen LogP contribution >= 0.6 is 0 Å².